The number of nitrogens with one attached hydrogen (secondary N) is 2. The fourth-order valence-corrected chi connectivity index (χ4v) is 2.28. The van der Waals surface area contributed by atoms with Crippen molar-refractivity contribution in [2.45, 2.75) is 0 Å². The van der Waals surface area contributed by atoms with Crippen molar-refractivity contribution >= 4 is 38.6 Å². The van der Waals surface area contributed by atoms with Crippen LogP contribution in [0, 0.1) is 0 Å². The quantitative estimate of drug-likeness (QED) is 0.567. The molecule has 3 aromatic rings. The van der Waals surface area contributed by atoms with Crippen LogP contribution in [-0.2, 0) is 0 Å². The topological polar surface area (TPSA) is 70.1 Å². The molecule has 0 aliphatic carbocycles. The molecule has 5 nitrogen and oxygen atoms in total. The number of hydrazone groups is 1. The molecule has 104 valence electrons. The number of aromatic nitrogens is 2. The summed E-state index contributed by atoms with van der Waals surface area (Å²) in [4.78, 5) is 11.4. The van der Waals surface area contributed by atoms with Crippen molar-refractivity contribution in [1.82, 2.24) is 10.2 Å². The normalized spacial score (nSPS) is 11.1. The Balaban J connectivity index is 1.89. The lowest BCUT2D eigenvalue weighted by Crippen LogP contribution is -2.10. The third kappa shape index (κ3) is 2.85. The number of anilines is 1. The first-order valence-electron chi connectivity index (χ1n) is 6.26. The molecule has 0 amide bonds. The molecule has 0 saturated heterocycles. The van der Waals surface area contributed by atoms with Crippen LogP contribution < -0.4 is 11.0 Å². The molecule has 0 saturated carbocycles. The summed E-state index contributed by atoms with van der Waals surface area (Å²) in [7, 11) is 0. The zero-order chi connectivity index (χ0) is 14.7. The lowest BCUT2D eigenvalue weighted by Gasteiger charge is -2.03. The third-order valence-corrected chi connectivity index (χ3v) is 3.79. The summed E-state index contributed by atoms with van der Waals surface area (Å²) in [5.41, 5.74) is 4.01. The van der Waals surface area contributed by atoms with Crippen LogP contribution in [0.3, 0.4) is 0 Å². The molecule has 2 aromatic carbocycles. The predicted octanol–water partition coefficient (Wildman–Crippen LogP) is 3.13. The highest BCUT2D eigenvalue weighted by Crippen LogP contribution is 2.18. The zero-order valence-electron chi connectivity index (χ0n) is 10.9. The summed E-state index contributed by atoms with van der Waals surface area (Å²) < 4.78 is 0.368. The maximum atomic E-state index is 11.4. The molecule has 0 radical (unpaired) electrons. The second kappa shape index (κ2) is 5.88. The standard InChI is InChI=1S/C15H11BrN4O/c16-14-13(9-18-20-15(14)21)19-17-8-11-6-3-5-10-4-1-2-7-12(10)11/h1-9H,(H2,19,20,21)/b17-8-. The van der Waals surface area contributed by atoms with Gasteiger partial charge in [0.05, 0.1) is 18.1 Å². The van der Waals surface area contributed by atoms with Gasteiger partial charge in [0.15, 0.2) is 0 Å². The van der Waals surface area contributed by atoms with E-state index in [-0.39, 0.29) is 5.56 Å². The highest BCUT2D eigenvalue weighted by molar-refractivity contribution is 9.10. The van der Waals surface area contributed by atoms with E-state index in [4.69, 9.17) is 0 Å². The smallest absolute Gasteiger partial charge is 0.275 e. The molecule has 0 unspecified atom stereocenters. The van der Waals surface area contributed by atoms with Gasteiger partial charge in [-0.05, 0) is 26.7 Å². The minimum absolute atomic E-state index is 0.305. The highest BCUT2D eigenvalue weighted by atomic mass is 79.9. The van der Waals surface area contributed by atoms with Gasteiger partial charge in [0, 0.05) is 5.56 Å². The van der Waals surface area contributed by atoms with Crippen LogP contribution in [0.5, 0.6) is 0 Å². The van der Waals surface area contributed by atoms with Crippen LogP contribution >= 0.6 is 15.9 Å². The maximum Gasteiger partial charge on any atom is 0.280 e. The molecule has 0 aliphatic heterocycles. The first-order chi connectivity index (χ1) is 10.3. The van der Waals surface area contributed by atoms with Crippen molar-refractivity contribution in [2.75, 3.05) is 5.43 Å². The summed E-state index contributed by atoms with van der Waals surface area (Å²) in [5.74, 6) is 0. The van der Waals surface area contributed by atoms with Crippen molar-refractivity contribution in [3.63, 3.8) is 0 Å². The number of halogens is 1. The lowest BCUT2D eigenvalue weighted by atomic mass is 10.1. The third-order valence-electron chi connectivity index (χ3n) is 3.01. The first kappa shape index (κ1) is 13.5. The van der Waals surface area contributed by atoms with E-state index in [0.717, 1.165) is 16.3 Å². The Morgan fingerprint density at radius 1 is 1.19 bits per heavy atom. The molecule has 2 N–H and O–H groups in total. The predicted molar refractivity (Wildman–Crippen MR) is 87.7 cm³/mol. The van der Waals surface area contributed by atoms with Gasteiger partial charge in [0.1, 0.15) is 4.47 Å². The Morgan fingerprint density at radius 2 is 2.00 bits per heavy atom. The van der Waals surface area contributed by atoms with Gasteiger partial charge in [0.25, 0.3) is 5.56 Å². The van der Waals surface area contributed by atoms with Crippen molar-refractivity contribution in [1.29, 1.82) is 0 Å². The Morgan fingerprint density at radius 3 is 2.90 bits per heavy atom. The van der Waals surface area contributed by atoms with Crippen LogP contribution in [0.2, 0.25) is 0 Å². The molecule has 1 heterocycles. The van der Waals surface area contributed by atoms with E-state index in [9.17, 15) is 4.79 Å². The summed E-state index contributed by atoms with van der Waals surface area (Å²) in [6.07, 6.45) is 3.21. The van der Waals surface area contributed by atoms with Crippen LogP contribution in [0.15, 0.2) is 63.0 Å². The average molecular weight is 343 g/mol. The molecule has 0 fully saturated rings. The number of fused-ring (bicyclic) bond motifs is 1. The van der Waals surface area contributed by atoms with Crippen molar-refractivity contribution in [2.24, 2.45) is 5.10 Å². The second-order valence-electron chi connectivity index (χ2n) is 4.37. The van der Waals surface area contributed by atoms with E-state index in [2.05, 4.69) is 48.8 Å². The van der Waals surface area contributed by atoms with E-state index >= 15 is 0 Å². The van der Waals surface area contributed by atoms with E-state index in [1.165, 1.54) is 6.20 Å². The van der Waals surface area contributed by atoms with Crippen LogP contribution in [-0.4, -0.2) is 16.4 Å². The Labute approximate surface area is 128 Å². The average Bonchev–Trinajstić information content (AvgIpc) is 2.52. The summed E-state index contributed by atoms with van der Waals surface area (Å²) >= 11 is 3.19. The van der Waals surface area contributed by atoms with Gasteiger partial charge in [-0.25, -0.2) is 5.10 Å². The van der Waals surface area contributed by atoms with Crippen LogP contribution in [0.4, 0.5) is 5.69 Å². The van der Waals surface area contributed by atoms with Crippen molar-refractivity contribution in [3.05, 3.63) is 69.1 Å². The molecule has 0 aliphatic rings. The molecule has 3 rings (SSSR count). The first-order valence-corrected chi connectivity index (χ1v) is 7.05. The molecule has 0 bridgehead atoms. The minimum atomic E-state index is -0.305. The lowest BCUT2D eigenvalue weighted by molar-refractivity contribution is 0.977. The number of hydrogen-bond donors (Lipinski definition) is 2. The highest BCUT2D eigenvalue weighted by Gasteiger charge is 2.02. The van der Waals surface area contributed by atoms with Gasteiger partial charge < -0.3 is 0 Å². The zero-order valence-corrected chi connectivity index (χ0v) is 12.5. The van der Waals surface area contributed by atoms with E-state index in [1.54, 1.807) is 6.21 Å². The van der Waals surface area contributed by atoms with Gasteiger partial charge in [-0.1, -0.05) is 42.5 Å². The summed E-state index contributed by atoms with van der Waals surface area (Å²) in [5, 5.41) is 12.5. The fraction of sp³-hybridized carbons (Fsp3) is 0. The number of benzene rings is 2. The molecular weight excluding hydrogens is 332 g/mol. The summed E-state index contributed by atoms with van der Waals surface area (Å²) in [6.45, 7) is 0. The van der Waals surface area contributed by atoms with Gasteiger partial charge in [-0.3, -0.25) is 10.2 Å². The minimum Gasteiger partial charge on any atom is -0.275 e. The largest absolute Gasteiger partial charge is 0.280 e. The van der Waals surface area contributed by atoms with E-state index in [1.807, 2.05) is 30.3 Å². The van der Waals surface area contributed by atoms with E-state index in [0.29, 0.717) is 10.2 Å². The molecule has 6 heteroatoms. The van der Waals surface area contributed by atoms with Gasteiger partial charge in [0.2, 0.25) is 0 Å². The molecule has 0 spiro atoms. The van der Waals surface area contributed by atoms with Gasteiger partial charge >= 0.3 is 0 Å². The van der Waals surface area contributed by atoms with Crippen LogP contribution in [0.1, 0.15) is 5.56 Å². The Hall–Kier alpha value is -2.47. The molecule has 1 aromatic heterocycles. The number of hydrogen-bond acceptors (Lipinski definition) is 4. The SMILES string of the molecule is O=c1[nH]ncc(N/N=C\c2cccc3ccccc23)c1Br. The number of aromatic amines is 1. The van der Waals surface area contributed by atoms with Crippen molar-refractivity contribution in [3.8, 4) is 0 Å². The molecule has 21 heavy (non-hydrogen) atoms. The number of rotatable bonds is 3. The monoisotopic (exact) mass is 342 g/mol. The number of nitrogens with zero attached hydrogens (tertiary/aromatic N) is 2. The van der Waals surface area contributed by atoms with E-state index < -0.39 is 0 Å². The fourth-order valence-electron chi connectivity index (χ4n) is 2.00. The molecule has 0 atom stereocenters. The Kier molecular flexibility index (Phi) is 3.79. The number of H-pyrrole nitrogens is 1. The molecular formula is C15H11BrN4O. The maximum absolute atomic E-state index is 11.4. The van der Waals surface area contributed by atoms with Gasteiger partial charge in [-0.15, -0.1) is 0 Å². The van der Waals surface area contributed by atoms with Crippen molar-refractivity contribution < 1.29 is 0 Å². The Bertz CT molecular complexity index is 867. The summed E-state index contributed by atoms with van der Waals surface area (Å²) in [6, 6.07) is 14.1. The van der Waals surface area contributed by atoms with Gasteiger partial charge in [-0.2, -0.15) is 10.2 Å². The van der Waals surface area contributed by atoms with Crippen LogP contribution in [0.25, 0.3) is 10.8 Å². The second-order valence-corrected chi connectivity index (χ2v) is 5.16.